The van der Waals surface area contributed by atoms with Gasteiger partial charge in [-0.1, -0.05) is 0 Å². The van der Waals surface area contributed by atoms with Crippen molar-refractivity contribution in [3.63, 3.8) is 0 Å². The summed E-state index contributed by atoms with van der Waals surface area (Å²) in [5, 5.41) is 6.91. The molecule has 7 heteroatoms. The molecule has 0 unspecified atom stereocenters. The Bertz CT molecular complexity index is 857. The Morgan fingerprint density at radius 2 is 2.08 bits per heavy atom. The number of amides is 1. The van der Waals surface area contributed by atoms with Crippen molar-refractivity contribution >= 4 is 5.91 Å². The van der Waals surface area contributed by atoms with Gasteiger partial charge in [-0.05, 0) is 43.3 Å². The van der Waals surface area contributed by atoms with Crippen LogP contribution in [-0.2, 0) is 13.1 Å². The fraction of sp³-hybridized carbons (Fsp3) is 0.176. The van der Waals surface area contributed by atoms with Crippen LogP contribution < -0.4 is 5.32 Å². The molecule has 0 saturated heterocycles. The van der Waals surface area contributed by atoms with Crippen molar-refractivity contribution in [3.05, 3.63) is 65.7 Å². The third kappa shape index (κ3) is 3.19. The maximum absolute atomic E-state index is 13.4. The molecule has 0 aliphatic heterocycles. The van der Waals surface area contributed by atoms with Crippen LogP contribution in [0.1, 0.15) is 23.2 Å². The van der Waals surface area contributed by atoms with Gasteiger partial charge in [0.1, 0.15) is 5.76 Å². The Morgan fingerprint density at radius 3 is 2.75 bits per heavy atom. The molecule has 0 aliphatic rings. The number of benzene rings is 1. The number of aromatic nitrogens is 2. The van der Waals surface area contributed by atoms with Crippen molar-refractivity contribution < 1.29 is 18.0 Å². The number of carbonyl (C=O) groups excluding carboxylic acids is 1. The Kier molecular flexibility index (Phi) is 4.41. The molecule has 1 amide bonds. The molecule has 0 atom stereocenters. The monoisotopic (exact) mass is 331 g/mol. The number of rotatable bonds is 5. The molecule has 0 spiro atoms. The number of carbonyl (C=O) groups is 1. The minimum Gasteiger partial charge on any atom is -0.467 e. The average molecular weight is 331 g/mol. The molecule has 0 saturated carbocycles. The molecule has 0 radical (unpaired) electrons. The van der Waals surface area contributed by atoms with E-state index in [1.807, 2.05) is 6.92 Å². The van der Waals surface area contributed by atoms with Gasteiger partial charge in [0, 0.05) is 12.1 Å². The highest BCUT2D eigenvalue weighted by Gasteiger charge is 2.16. The van der Waals surface area contributed by atoms with Gasteiger partial charge in [0.25, 0.3) is 5.91 Å². The number of hydrogen-bond acceptors (Lipinski definition) is 3. The van der Waals surface area contributed by atoms with Gasteiger partial charge in [-0.2, -0.15) is 5.10 Å². The van der Waals surface area contributed by atoms with Crippen LogP contribution in [0.3, 0.4) is 0 Å². The van der Waals surface area contributed by atoms with E-state index in [4.69, 9.17) is 4.42 Å². The van der Waals surface area contributed by atoms with Gasteiger partial charge in [0.15, 0.2) is 17.3 Å². The lowest BCUT2D eigenvalue weighted by Crippen LogP contribution is -2.23. The molecule has 0 fully saturated rings. The van der Waals surface area contributed by atoms with E-state index in [1.54, 1.807) is 22.9 Å². The Hall–Kier alpha value is -2.96. The average Bonchev–Trinajstić information content (AvgIpc) is 3.24. The number of halogens is 2. The molecule has 1 N–H and O–H groups in total. The summed E-state index contributed by atoms with van der Waals surface area (Å²) in [6, 6.07) is 8.61. The van der Waals surface area contributed by atoms with Crippen LogP contribution in [0.2, 0.25) is 0 Å². The number of aryl methyl sites for hydroxylation is 1. The van der Waals surface area contributed by atoms with Gasteiger partial charge in [-0.25, -0.2) is 8.78 Å². The van der Waals surface area contributed by atoms with E-state index in [9.17, 15) is 13.6 Å². The van der Waals surface area contributed by atoms with Gasteiger partial charge in [-0.15, -0.1) is 0 Å². The van der Waals surface area contributed by atoms with E-state index in [1.165, 1.54) is 12.3 Å². The van der Waals surface area contributed by atoms with Gasteiger partial charge >= 0.3 is 0 Å². The highest BCUT2D eigenvalue weighted by atomic mass is 19.2. The number of hydrogen-bond donors (Lipinski definition) is 1. The van der Waals surface area contributed by atoms with Crippen molar-refractivity contribution in [2.24, 2.45) is 0 Å². The van der Waals surface area contributed by atoms with Crippen LogP contribution >= 0.6 is 0 Å². The van der Waals surface area contributed by atoms with Crippen molar-refractivity contribution in [2.45, 2.75) is 20.0 Å². The third-order valence-corrected chi connectivity index (χ3v) is 3.53. The van der Waals surface area contributed by atoms with Crippen LogP contribution in [0.15, 0.2) is 47.1 Å². The lowest BCUT2D eigenvalue weighted by atomic mass is 10.1. The summed E-state index contributed by atoms with van der Waals surface area (Å²) in [6.45, 7) is 2.58. The summed E-state index contributed by atoms with van der Waals surface area (Å²) in [7, 11) is 0. The van der Waals surface area contributed by atoms with Crippen molar-refractivity contribution in [1.29, 1.82) is 0 Å². The fourth-order valence-electron chi connectivity index (χ4n) is 2.33. The normalized spacial score (nSPS) is 10.8. The smallest absolute Gasteiger partial charge is 0.272 e. The van der Waals surface area contributed by atoms with Gasteiger partial charge in [0.2, 0.25) is 0 Å². The molecule has 5 nitrogen and oxygen atoms in total. The van der Waals surface area contributed by atoms with Gasteiger partial charge < -0.3 is 9.73 Å². The van der Waals surface area contributed by atoms with Crippen LogP contribution in [0.25, 0.3) is 11.3 Å². The Labute approximate surface area is 136 Å². The minimum absolute atomic E-state index is 0.197. The first-order valence-electron chi connectivity index (χ1n) is 7.42. The SMILES string of the molecule is CCn1nc(C(=O)NCc2ccco2)cc1-c1ccc(F)c(F)c1. The molecule has 0 bridgehead atoms. The van der Waals surface area contributed by atoms with E-state index < -0.39 is 11.6 Å². The molecular formula is C17H15F2N3O2. The summed E-state index contributed by atoms with van der Waals surface area (Å²) < 4.78 is 33.3. The summed E-state index contributed by atoms with van der Waals surface area (Å²) in [5.41, 5.74) is 1.19. The first kappa shape index (κ1) is 15.9. The topological polar surface area (TPSA) is 60.1 Å². The van der Waals surface area contributed by atoms with Crippen LogP contribution in [-0.4, -0.2) is 15.7 Å². The van der Waals surface area contributed by atoms with Crippen LogP contribution in [0, 0.1) is 11.6 Å². The molecule has 2 heterocycles. The lowest BCUT2D eigenvalue weighted by Gasteiger charge is -2.04. The molecule has 0 aliphatic carbocycles. The van der Waals surface area contributed by atoms with Gasteiger partial charge in [-0.3, -0.25) is 9.48 Å². The second kappa shape index (κ2) is 6.66. The van der Waals surface area contributed by atoms with E-state index in [0.29, 0.717) is 23.6 Å². The second-order valence-corrected chi connectivity index (χ2v) is 5.12. The predicted octanol–water partition coefficient (Wildman–Crippen LogP) is 3.37. The predicted molar refractivity (Wildman–Crippen MR) is 83.1 cm³/mol. The van der Waals surface area contributed by atoms with Crippen molar-refractivity contribution in [3.8, 4) is 11.3 Å². The van der Waals surface area contributed by atoms with Crippen molar-refractivity contribution in [2.75, 3.05) is 0 Å². The molecule has 2 aromatic heterocycles. The number of nitrogens with one attached hydrogen (secondary N) is 1. The van der Waals surface area contributed by atoms with Crippen LogP contribution in [0.5, 0.6) is 0 Å². The maximum atomic E-state index is 13.4. The zero-order valence-corrected chi connectivity index (χ0v) is 12.9. The summed E-state index contributed by atoms with van der Waals surface area (Å²) in [4.78, 5) is 12.2. The Morgan fingerprint density at radius 1 is 1.25 bits per heavy atom. The van der Waals surface area contributed by atoms with Crippen molar-refractivity contribution in [1.82, 2.24) is 15.1 Å². The van der Waals surface area contributed by atoms with Gasteiger partial charge in [0.05, 0.1) is 18.5 Å². The van der Waals surface area contributed by atoms with E-state index in [2.05, 4.69) is 10.4 Å². The van der Waals surface area contributed by atoms with Crippen LogP contribution in [0.4, 0.5) is 8.78 Å². The standard InChI is InChI=1S/C17H15F2N3O2/c1-2-22-16(11-5-6-13(18)14(19)8-11)9-15(21-22)17(23)20-10-12-4-3-7-24-12/h3-9H,2,10H2,1H3,(H,20,23). The summed E-state index contributed by atoms with van der Waals surface area (Å²) in [6.07, 6.45) is 1.52. The molecular weight excluding hydrogens is 316 g/mol. The first-order chi connectivity index (χ1) is 11.6. The zero-order chi connectivity index (χ0) is 17.1. The highest BCUT2D eigenvalue weighted by Crippen LogP contribution is 2.23. The van der Waals surface area contributed by atoms with E-state index in [0.717, 1.165) is 12.1 Å². The summed E-state index contributed by atoms with van der Waals surface area (Å²) in [5.74, 6) is -1.61. The number of furan rings is 1. The highest BCUT2D eigenvalue weighted by molar-refractivity contribution is 5.93. The number of nitrogens with zero attached hydrogens (tertiary/aromatic N) is 2. The molecule has 3 aromatic rings. The molecule has 124 valence electrons. The second-order valence-electron chi connectivity index (χ2n) is 5.12. The largest absolute Gasteiger partial charge is 0.467 e. The zero-order valence-electron chi connectivity index (χ0n) is 12.9. The molecule has 1 aromatic carbocycles. The molecule has 24 heavy (non-hydrogen) atoms. The fourth-order valence-corrected chi connectivity index (χ4v) is 2.33. The third-order valence-electron chi connectivity index (χ3n) is 3.53. The van der Waals surface area contributed by atoms with E-state index in [-0.39, 0.29) is 18.1 Å². The van der Waals surface area contributed by atoms with E-state index >= 15 is 0 Å². The lowest BCUT2D eigenvalue weighted by molar-refractivity contribution is 0.0942. The maximum Gasteiger partial charge on any atom is 0.272 e. The summed E-state index contributed by atoms with van der Waals surface area (Å²) >= 11 is 0. The minimum atomic E-state index is -0.944. The quantitative estimate of drug-likeness (QED) is 0.780. The first-order valence-corrected chi connectivity index (χ1v) is 7.42. The molecule has 3 rings (SSSR count). The Balaban J connectivity index is 1.84.